The second-order valence-corrected chi connectivity index (χ2v) is 3.09. The van der Waals surface area contributed by atoms with Gasteiger partial charge in [-0.2, -0.15) is 0 Å². The molecule has 0 aliphatic carbocycles. The SMILES string of the molecule is Cn1c(=O)ccc2cc([N+](=O)[O-])cnc21. The molecule has 2 heterocycles. The van der Waals surface area contributed by atoms with Gasteiger partial charge in [-0.25, -0.2) is 4.98 Å². The van der Waals surface area contributed by atoms with E-state index in [9.17, 15) is 14.9 Å². The zero-order valence-electron chi connectivity index (χ0n) is 7.88. The summed E-state index contributed by atoms with van der Waals surface area (Å²) in [5.74, 6) is 0. The molecule has 0 aliphatic rings. The Kier molecular flexibility index (Phi) is 1.96. The van der Waals surface area contributed by atoms with Gasteiger partial charge in [0.1, 0.15) is 11.8 Å². The maximum atomic E-state index is 11.2. The lowest BCUT2D eigenvalue weighted by atomic mass is 10.2. The third-order valence-corrected chi connectivity index (χ3v) is 2.15. The van der Waals surface area contributed by atoms with Crippen LogP contribution in [-0.2, 0) is 7.05 Å². The molecule has 2 rings (SSSR count). The minimum Gasteiger partial charge on any atom is -0.296 e. The molecule has 0 atom stereocenters. The van der Waals surface area contributed by atoms with Crippen LogP contribution >= 0.6 is 0 Å². The molecule has 0 aliphatic heterocycles. The van der Waals surface area contributed by atoms with E-state index in [2.05, 4.69) is 4.98 Å². The molecule has 0 spiro atoms. The number of nitro groups is 1. The first kappa shape index (κ1) is 9.32. The fourth-order valence-corrected chi connectivity index (χ4v) is 1.34. The number of nitrogens with zero attached hydrogens (tertiary/aromatic N) is 3. The third kappa shape index (κ3) is 1.45. The highest BCUT2D eigenvalue weighted by molar-refractivity contribution is 5.76. The molecule has 2 aromatic rings. The number of fused-ring (bicyclic) bond motifs is 1. The number of aromatic nitrogens is 2. The number of rotatable bonds is 1. The van der Waals surface area contributed by atoms with Crippen LogP contribution in [0.1, 0.15) is 0 Å². The average Bonchev–Trinajstić information content (AvgIpc) is 2.23. The fourth-order valence-electron chi connectivity index (χ4n) is 1.34. The summed E-state index contributed by atoms with van der Waals surface area (Å²) in [5.41, 5.74) is 0.165. The van der Waals surface area contributed by atoms with Gasteiger partial charge in [-0.15, -0.1) is 0 Å². The minimum atomic E-state index is -0.516. The van der Waals surface area contributed by atoms with Gasteiger partial charge in [-0.1, -0.05) is 0 Å². The summed E-state index contributed by atoms with van der Waals surface area (Å²) in [6, 6.07) is 4.27. The quantitative estimate of drug-likeness (QED) is 0.510. The van der Waals surface area contributed by atoms with Gasteiger partial charge in [-0.05, 0) is 6.07 Å². The second kappa shape index (κ2) is 3.16. The van der Waals surface area contributed by atoms with Gasteiger partial charge in [-0.3, -0.25) is 19.5 Å². The van der Waals surface area contributed by atoms with Crippen molar-refractivity contribution in [2.75, 3.05) is 0 Å². The Bertz CT molecular complexity index is 603. The maximum absolute atomic E-state index is 11.2. The van der Waals surface area contributed by atoms with Crippen molar-refractivity contribution < 1.29 is 4.92 Å². The van der Waals surface area contributed by atoms with Crippen LogP contribution in [-0.4, -0.2) is 14.5 Å². The summed E-state index contributed by atoms with van der Waals surface area (Å²) in [5, 5.41) is 11.1. The fraction of sp³-hybridized carbons (Fsp3) is 0.111. The standard InChI is InChI=1S/C9H7N3O3/c1-11-8(13)3-2-6-4-7(12(14)15)5-10-9(6)11/h2-5H,1H3. The Morgan fingerprint density at radius 3 is 2.87 bits per heavy atom. The molecule has 0 fully saturated rings. The van der Waals surface area contributed by atoms with E-state index in [1.54, 1.807) is 7.05 Å². The predicted octanol–water partition coefficient (Wildman–Crippen LogP) is 0.842. The molecule has 0 bridgehead atoms. The highest BCUT2D eigenvalue weighted by Crippen LogP contribution is 2.15. The van der Waals surface area contributed by atoms with Gasteiger partial charge in [0, 0.05) is 24.6 Å². The molecule has 0 saturated carbocycles. The van der Waals surface area contributed by atoms with Crippen molar-refractivity contribution in [3.05, 3.63) is 44.9 Å². The van der Waals surface area contributed by atoms with Gasteiger partial charge in [0.15, 0.2) is 0 Å². The zero-order chi connectivity index (χ0) is 11.0. The molecule has 0 radical (unpaired) electrons. The summed E-state index contributed by atoms with van der Waals surface area (Å²) in [4.78, 5) is 25.1. The molecule has 6 nitrogen and oxygen atoms in total. The van der Waals surface area contributed by atoms with E-state index in [0.29, 0.717) is 11.0 Å². The monoisotopic (exact) mass is 205 g/mol. The van der Waals surface area contributed by atoms with Crippen molar-refractivity contribution in [2.45, 2.75) is 0 Å². The van der Waals surface area contributed by atoms with Crippen LogP contribution in [0.5, 0.6) is 0 Å². The van der Waals surface area contributed by atoms with Gasteiger partial charge < -0.3 is 0 Å². The van der Waals surface area contributed by atoms with Gasteiger partial charge >= 0.3 is 0 Å². The predicted molar refractivity (Wildman–Crippen MR) is 53.6 cm³/mol. The first-order valence-electron chi connectivity index (χ1n) is 4.20. The van der Waals surface area contributed by atoms with Crippen LogP contribution in [0.15, 0.2) is 29.2 Å². The van der Waals surface area contributed by atoms with E-state index in [1.165, 1.54) is 22.8 Å². The number of hydrogen-bond acceptors (Lipinski definition) is 4. The van der Waals surface area contributed by atoms with E-state index in [0.717, 1.165) is 6.20 Å². The topological polar surface area (TPSA) is 78.0 Å². The number of hydrogen-bond donors (Lipinski definition) is 0. The summed E-state index contributed by atoms with van der Waals surface area (Å²) in [6.45, 7) is 0. The molecule has 0 amide bonds. The van der Waals surface area contributed by atoms with Crippen LogP contribution < -0.4 is 5.56 Å². The van der Waals surface area contributed by atoms with Crippen LogP contribution in [0.2, 0.25) is 0 Å². The zero-order valence-corrected chi connectivity index (χ0v) is 7.88. The molecule has 0 saturated heterocycles. The minimum absolute atomic E-state index is 0.0823. The van der Waals surface area contributed by atoms with Gasteiger partial charge in [0.05, 0.1) is 4.92 Å². The molecule has 0 N–H and O–H groups in total. The van der Waals surface area contributed by atoms with Crippen LogP contribution in [0.4, 0.5) is 5.69 Å². The molecule has 76 valence electrons. The van der Waals surface area contributed by atoms with Crippen molar-refractivity contribution in [2.24, 2.45) is 7.05 Å². The Morgan fingerprint density at radius 2 is 2.20 bits per heavy atom. The van der Waals surface area contributed by atoms with E-state index < -0.39 is 4.92 Å². The highest BCUT2D eigenvalue weighted by Gasteiger charge is 2.08. The molecule has 2 aromatic heterocycles. The Labute approximate surface area is 83.9 Å². The van der Waals surface area contributed by atoms with E-state index in [-0.39, 0.29) is 11.2 Å². The first-order chi connectivity index (χ1) is 7.09. The molecule has 6 heteroatoms. The normalized spacial score (nSPS) is 10.5. The Hall–Kier alpha value is -2.24. The van der Waals surface area contributed by atoms with Crippen LogP contribution in [0.3, 0.4) is 0 Å². The van der Waals surface area contributed by atoms with Crippen LogP contribution in [0.25, 0.3) is 11.0 Å². The molecular formula is C9H7N3O3. The molecule has 15 heavy (non-hydrogen) atoms. The highest BCUT2D eigenvalue weighted by atomic mass is 16.6. The van der Waals surface area contributed by atoms with Crippen molar-refractivity contribution in [3.8, 4) is 0 Å². The largest absolute Gasteiger partial charge is 0.296 e. The summed E-state index contributed by atoms with van der Waals surface area (Å²) >= 11 is 0. The van der Waals surface area contributed by atoms with Crippen LogP contribution in [0, 0.1) is 10.1 Å². The van der Waals surface area contributed by atoms with Gasteiger partial charge in [0.2, 0.25) is 0 Å². The smallest absolute Gasteiger partial charge is 0.288 e. The summed E-state index contributed by atoms with van der Waals surface area (Å²) in [6.07, 6.45) is 1.14. The maximum Gasteiger partial charge on any atom is 0.288 e. The third-order valence-electron chi connectivity index (χ3n) is 2.15. The van der Waals surface area contributed by atoms with E-state index in [4.69, 9.17) is 0 Å². The van der Waals surface area contributed by atoms with Crippen molar-refractivity contribution in [1.29, 1.82) is 0 Å². The molecular weight excluding hydrogens is 198 g/mol. The lowest BCUT2D eigenvalue weighted by Crippen LogP contribution is -2.15. The lowest BCUT2D eigenvalue weighted by molar-refractivity contribution is -0.385. The lowest BCUT2D eigenvalue weighted by Gasteiger charge is -2.01. The van der Waals surface area contributed by atoms with Gasteiger partial charge in [0.25, 0.3) is 11.2 Å². The number of pyridine rings is 2. The van der Waals surface area contributed by atoms with Crippen molar-refractivity contribution in [1.82, 2.24) is 9.55 Å². The van der Waals surface area contributed by atoms with E-state index >= 15 is 0 Å². The van der Waals surface area contributed by atoms with Crippen molar-refractivity contribution >= 4 is 16.7 Å². The summed E-state index contributed by atoms with van der Waals surface area (Å²) < 4.78 is 1.35. The second-order valence-electron chi connectivity index (χ2n) is 3.09. The average molecular weight is 205 g/mol. The molecule has 0 aromatic carbocycles. The van der Waals surface area contributed by atoms with Crippen molar-refractivity contribution in [3.63, 3.8) is 0 Å². The Morgan fingerprint density at radius 1 is 1.47 bits per heavy atom. The van der Waals surface area contributed by atoms with E-state index in [1.807, 2.05) is 0 Å². The first-order valence-corrected chi connectivity index (χ1v) is 4.20. The summed E-state index contributed by atoms with van der Waals surface area (Å²) in [7, 11) is 1.57. The Balaban J connectivity index is 2.81. The number of aryl methyl sites for hydroxylation is 1. The molecule has 0 unspecified atom stereocenters.